The molecule has 0 unspecified atom stereocenters. The second-order valence-electron chi connectivity index (χ2n) is 5.60. The van der Waals surface area contributed by atoms with Crippen LogP contribution < -0.4 is 0 Å². The van der Waals surface area contributed by atoms with Gasteiger partial charge in [-0.25, -0.2) is 8.42 Å². The lowest BCUT2D eigenvalue weighted by atomic mass is 10.3. The van der Waals surface area contributed by atoms with Gasteiger partial charge in [-0.15, -0.1) is 10.2 Å². The van der Waals surface area contributed by atoms with Gasteiger partial charge in [-0.3, -0.25) is 0 Å². The zero-order valence-corrected chi connectivity index (χ0v) is 12.5. The maximum absolute atomic E-state index is 12.5. The fourth-order valence-corrected chi connectivity index (χ4v) is 4.02. The first kappa shape index (κ1) is 13.0. The van der Waals surface area contributed by atoms with Crippen LogP contribution >= 0.6 is 0 Å². The first-order valence-corrected chi connectivity index (χ1v) is 8.48. The van der Waals surface area contributed by atoms with Gasteiger partial charge in [0.15, 0.2) is 0 Å². The van der Waals surface area contributed by atoms with Crippen molar-refractivity contribution in [3.63, 3.8) is 0 Å². The van der Waals surface area contributed by atoms with Crippen molar-refractivity contribution < 1.29 is 12.8 Å². The number of nitrogens with zero attached hydrogens (tertiary/aromatic N) is 4. The van der Waals surface area contributed by atoms with Gasteiger partial charge < -0.3 is 8.98 Å². The van der Waals surface area contributed by atoms with Crippen molar-refractivity contribution in [1.29, 1.82) is 0 Å². The first-order chi connectivity index (χ1) is 10.1. The van der Waals surface area contributed by atoms with E-state index in [2.05, 4.69) is 14.8 Å². The average molecular weight is 308 g/mol. The van der Waals surface area contributed by atoms with Crippen LogP contribution in [0.15, 0.2) is 21.6 Å². The van der Waals surface area contributed by atoms with Crippen LogP contribution in [0.25, 0.3) is 0 Å². The van der Waals surface area contributed by atoms with Crippen LogP contribution in [0.5, 0.6) is 0 Å². The minimum absolute atomic E-state index is 0.00428. The van der Waals surface area contributed by atoms with Gasteiger partial charge in [0.1, 0.15) is 17.4 Å². The maximum Gasteiger partial charge on any atom is 0.276 e. The SMILES string of the molecule is Cc1ccc(S(=O)(=O)N2CCn3c(nnc3C3CC3)C2)o1. The molecule has 2 aromatic rings. The Hall–Kier alpha value is -1.67. The van der Waals surface area contributed by atoms with Gasteiger partial charge in [0.05, 0.1) is 6.54 Å². The predicted molar refractivity (Wildman–Crippen MR) is 73.0 cm³/mol. The quantitative estimate of drug-likeness (QED) is 0.852. The monoisotopic (exact) mass is 308 g/mol. The number of aryl methyl sites for hydroxylation is 1. The van der Waals surface area contributed by atoms with E-state index < -0.39 is 10.0 Å². The summed E-state index contributed by atoms with van der Waals surface area (Å²) in [6, 6.07) is 3.16. The van der Waals surface area contributed by atoms with Gasteiger partial charge in [0.25, 0.3) is 10.0 Å². The molecule has 112 valence electrons. The highest BCUT2D eigenvalue weighted by Gasteiger charge is 2.36. The Balaban J connectivity index is 1.63. The molecule has 4 rings (SSSR count). The summed E-state index contributed by atoms with van der Waals surface area (Å²) in [4.78, 5) is 0. The summed E-state index contributed by atoms with van der Waals surface area (Å²) in [7, 11) is -3.59. The molecule has 0 radical (unpaired) electrons. The lowest BCUT2D eigenvalue weighted by Gasteiger charge is -2.26. The summed E-state index contributed by atoms with van der Waals surface area (Å²) >= 11 is 0. The normalized spacial score (nSPS) is 19.7. The smallest absolute Gasteiger partial charge is 0.276 e. The molecule has 0 amide bonds. The highest BCUT2D eigenvalue weighted by Crippen LogP contribution is 2.39. The van der Waals surface area contributed by atoms with Crippen molar-refractivity contribution >= 4 is 10.0 Å². The second kappa shape index (κ2) is 4.41. The molecule has 21 heavy (non-hydrogen) atoms. The van der Waals surface area contributed by atoms with Crippen LogP contribution in [0.1, 0.15) is 36.2 Å². The van der Waals surface area contributed by atoms with Crippen molar-refractivity contribution in [3.05, 3.63) is 29.5 Å². The summed E-state index contributed by atoms with van der Waals surface area (Å²) in [5, 5.41) is 8.37. The molecular formula is C13H16N4O3S. The predicted octanol–water partition coefficient (Wildman–Crippen LogP) is 1.26. The second-order valence-corrected chi connectivity index (χ2v) is 7.47. The number of hydrogen-bond acceptors (Lipinski definition) is 5. The maximum atomic E-state index is 12.5. The molecule has 0 N–H and O–H groups in total. The molecule has 8 heteroatoms. The molecule has 1 fully saturated rings. The first-order valence-electron chi connectivity index (χ1n) is 7.04. The Bertz CT molecular complexity index is 788. The molecule has 3 heterocycles. The molecule has 0 aromatic carbocycles. The number of aromatic nitrogens is 3. The van der Waals surface area contributed by atoms with Gasteiger partial charge in [-0.2, -0.15) is 4.31 Å². The molecule has 1 aliphatic heterocycles. The highest BCUT2D eigenvalue weighted by atomic mass is 32.2. The van der Waals surface area contributed by atoms with E-state index in [0.29, 0.717) is 24.8 Å². The van der Waals surface area contributed by atoms with E-state index >= 15 is 0 Å². The zero-order chi connectivity index (χ0) is 14.6. The number of sulfonamides is 1. The lowest BCUT2D eigenvalue weighted by molar-refractivity contribution is 0.317. The number of furan rings is 1. The molecule has 0 atom stereocenters. The van der Waals surface area contributed by atoms with Crippen molar-refractivity contribution in [2.24, 2.45) is 0 Å². The molecule has 1 saturated carbocycles. The third-order valence-corrected chi connectivity index (χ3v) is 5.72. The Morgan fingerprint density at radius 1 is 1.24 bits per heavy atom. The lowest BCUT2D eigenvalue weighted by Crippen LogP contribution is -2.38. The van der Waals surface area contributed by atoms with E-state index in [1.165, 1.54) is 10.4 Å². The van der Waals surface area contributed by atoms with Crippen molar-refractivity contribution in [3.8, 4) is 0 Å². The molecule has 0 saturated heterocycles. The molecule has 7 nitrogen and oxygen atoms in total. The minimum atomic E-state index is -3.59. The van der Waals surface area contributed by atoms with Crippen LogP contribution in [0.3, 0.4) is 0 Å². The number of hydrogen-bond donors (Lipinski definition) is 0. The van der Waals surface area contributed by atoms with Crippen LogP contribution in [0.2, 0.25) is 0 Å². The van der Waals surface area contributed by atoms with Crippen molar-refractivity contribution in [1.82, 2.24) is 19.1 Å². The van der Waals surface area contributed by atoms with Crippen LogP contribution in [-0.2, 0) is 23.1 Å². The number of rotatable bonds is 3. The fraction of sp³-hybridized carbons (Fsp3) is 0.538. The molecule has 0 spiro atoms. The van der Waals surface area contributed by atoms with E-state index in [9.17, 15) is 8.42 Å². The molecule has 2 aromatic heterocycles. The molecule has 1 aliphatic carbocycles. The summed E-state index contributed by atoms with van der Waals surface area (Å²) in [5.41, 5.74) is 0. The topological polar surface area (TPSA) is 81.2 Å². The van der Waals surface area contributed by atoms with Crippen LogP contribution in [0, 0.1) is 6.92 Å². The van der Waals surface area contributed by atoms with E-state index in [1.54, 1.807) is 13.0 Å². The van der Waals surface area contributed by atoms with Crippen molar-refractivity contribution in [2.45, 2.75) is 43.9 Å². The van der Waals surface area contributed by atoms with E-state index in [0.717, 1.165) is 24.5 Å². The van der Waals surface area contributed by atoms with Gasteiger partial charge in [-0.05, 0) is 31.9 Å². The summed E-state index contributed by atoms with van der Waals surface area (Å²) in [6.45, 7) is 3.01. The fourth-order valence-electron chi connectivity index (χ4n) is 2.68. The standard InChI is InChI=1S/C13H16N4O3S/c1-9-2-5-12(20-9)21(18,19)16-6-7-17-11(8-16)14-15-13(17)10-3-4-10/h2,5,10H,3-4,6-8H2,1H3. The Kier molecular flexibility index (Phi) is 2.74. The minimum Gasteiger partial charge on any atom is -0.449 e. The van der Waals surface area contributed by atoms with E-state index in [1.807, 2.05) is 0 Å². The largest absolute Gasteiger partial charge is 0.449 e. The third-order valence-electron chi connectivity index (χ3n) is 4.00. The van der Waals surface area contributed by atoms with Crippen LogP contribution in [0.4, 0.5) is 0 Å². The summed E-state index contributed by atoms with van der Waals surface area (Å²) in [5.74, 6) is 2.83. The summed E-state index contributed by atoms with van der Waals surface area (Å²) in [6.07, 6.45) is 2.32. The molecule has 2 aliphatic rings. The third kappa shape index (κ3) is 2.09. The Morgan fingerprint density at radius 2 is 2.05 bits per heavy atom. The van der Waals surface area contributed by atoms with Crippen molar-refractivity contribution in [2.75, 3.05) is 6.54 Å². The van der Waals surface area contributed by atoms with Gasteiger partial charge in [-0.1, -0.05) is 0 Å². The van der Waals surface area contributed by atoms with E-state index in [-0.39, 0.29) is 11.6 Å². The average Bonchev–Trinajstić information content (AvgIpc) is 3.06. The van der Waals surface area contributed by atoms with Gasteiger partial charge in [0.2, 0.25) is 5.09 Å². The van der Waals surface area contributed by atoms with Crippen LogP contribution in [-0.4, -0.2) is 34.0 Å². The summed E-state index contributed by atoms with van der Waals surface area (Å²) < 4.78 is 33.8. The van der Waals surface area contributed by atoms with E-state index in [4.69, 9.17) is 4.42 Å². The zero-order valence-electron chi connectivity index (χ0n) is 11.7. The molecular weight excluding hydrogens is 292 g/mol. The van der Waals surface area contributed by atoms with Gasteiger partial charge >= 0.3 is 0 Å². The number of fused-ring (bicyclic) bond motifs is 1. The van der Waals surface area contributed by atoms with Gasteiger partial charge in [0, 0.05) is 19.0 Å². The Morgan fingerprint density at radius 3 is 2.71 bits per heavy atom. The Labute approximate surface area is 122 Å². The molecule has 0 bridgehead atoms. The highest BCUT2D eigenvalue weighted by molar-refractivity contribution is 7.89.